The third kappa shape index (κ3) is 4.68. The van der Waals surface area contributed by atoms with Gasteiger partial charge in [0, 0.05) is 39.0 Å². The van der Waals surface area contributed by atoms with Crippen molar-refractivity contribution in [3.8, 4) is 0 Å². The Balaban J connectivity index is 1.53. The number of hydrogen-bond acceptors (Lipinski definition) is 4. The molecule has 1 amide bonds. The molecule has 1 aromatic heterocycles. The van der Waals surface area contributed by atoms with E-state index >= 15 is 0 Å². The first kappa shape index (κ1) is 20.0. The Kier molecular flexibility index (Phi) is 6.26. The van der Waals surface area contributed by atoms with Crippen LogP contribution in [0.3, 0.4) is 0 Å². The average molecular weight is 394 g/mol. The first-order valence-corrected chi connectivity index (χ1v) is 10.8. The van der Waals surface area contributed by atoms with Crippen molar-refractivity contribution in [1.29, 1.82) is 0 Å². The highest BCUT2D eigenvalue weighted by Crippen LogP contribution is 2.41. The number of aromatic nitrogens is 1. The maximum absolute atomic E-state index is 13.7. The predicted octanol–water partition coefficient (Wildman–Crippen LogP) is 3.50. The summed E-state index contributed by atoms with van der Waals surface area (Å²) in [5.41, 5.74) is 1.89. The molecule has 1 spiro atoms. The molecule has 2 aromatic rings. The van der Waals surface area contributed by atoms with Crippen LogP contribution in [0.5, 0.6) is 0 Å². The molecule has 1 aromatic carbocycles. The predicted molar refractivity (Wildman–Crippen MR) is 113 cm³/mol. The minimum absolute atomic E-state index is 0.108. The molecule has 5 heteroatoms. The van der Waals surface area contributed by atoms with Crippen LogP contribution in [0.25, 0.3) is 0 Å². The van der Waals surface area contributed by atoms with E-state index in [1.807, 2.05) is 48.4 Å². The fourth-order valence-corrected chi connectivity index (χ4v) is 4.96. The van der Waals surface area contributed by atoms with Crippen molar-refractivity contribution in [2.45, 2.75) is 45.4 Å². The van der Waals surface area contributed by atoms with Crippen LogP contribution in [0.4, 0.5) is 0 Å². The van der Waals surface area contributed by atoms with Crippen LogP contribution in [0, 0.1) is 5.41 Å². The van der Waals surface area contributed by atoms with E-state index < -0.39 is 0 Å². The van der Waals surface area contributed by atoms with Gasteiger partial charge in [0.25, 0.3) is 0 Å². The van der Waals surface area contributed by atoms with Crippen molar-refractivity contribution >= 4 is 5.91 Å². The molecule has 0 unspecified atom stereocenters. The molecule has 0 N–H and O–H groups in total. The van der Waals surface area contributed by atoms with Crippen molar-refractivity contribution in [3.05, 3.63) is 66.0 Å². The lowest BCUT2D eigenvalue weighted by Crippen LogP contribution is -2.59. The van der Waals surface area contributed by atoms with Gasteiger partial charge in [0.1, 0.15) is 0 Å². The number of rotatable bonds is 6. The van der Waals surface area contributed by atoms with Crippen LogP contribution in [-0.2, 0) is 22.6 Å². The fraction of sp³-hybridized carbons (Fsp3) is 0.500. The van der Waals surface area contributed by atoms with Crippen LogP contribution in [0.2, 0.25) is 0 Å². The first-order chi connectivity index (χ1) is 14.2. The molecule has 154 valence electrons. The first-order valence-electron chi connectivity index (χ1n) is 10.8. The molecule has 5 nitrogen and oxygen atoms in total. The van der Waals surface area contributed by atoms with Crippen LogP contribution in [0.15, 0.2) is 54.7 Å². The standard InChI is InChI=1S/C24H31N3O2/c1-2-29-22-15-24(23(28)27(18-22)16-20-9-4-3-5-10-20)12-8-14-26(19-24)17-21-11-6-7-13-25-21/h3-7,9-11,13,22H,2,8,12,14-19H2,1H3/t22-,24-/m0/s1. The second kappa shape index (κ2) is 9.06. The van der Waals surface area contributed by atoms with Crippen molar-refractivity contribution in [2.24, 2.45) is 5.41 Å². The van der Waals surface area contributed by atoms with Gasteiger partial charge in [-0.05, 0) is 50.4 Å². The fourth-order valence-electron chi connectivity index (χ4n) is 4.96. The number of pyridine rings is 1. The second-order valence-corrected chi connectivity index (χ2v) is 8.37. The molecule has 2 aliphatic rings. The van der Waals surface area contributed by atoms with Gasteiger partial charge in [-0.25, -0.2) is 0 Å². The summed E-state index contributed by atoms with van der Waals surface area (Å²) in [5.74, 6) is 0.294. The second-order valence-electron chi connectivity index (χ2n) is 8.37. The monoisotopic (exact) mass is 393 g/mol. The van der Waals surface area contributed by atoms with Gasteiger partial charge in [-0.2, -0.15) is 0 Å². The lowest BCUT2D eigenvalue weighted by Gasteiger charge is -2.49. The number of nitrogens with zero attached hydrogens (tertiary/aromatic N) is 3. The molecule has 2 saturated heterocycles. The van der Waals surface area contributed by atoms with E-state index in [4.69, 9.17) is 4.74 Å². The summed E-state index contributed by atoms with van der Waals surface area (Å²) in [6.45, 7) is 6.67. The number of amides is 1. The lowest BCUT2D eigenvalue weighted by atomic mass is 9.72. The zero-order valence-electron chi connectivity index (χ0n) is 17.3. The van der Waals surface area contributed by atoms with Crippen molar-refractivity contribution in [3.63, 3.8) is 0 Å². The quantitative estimate of drug-likeness (QED) is 0.754. The summed E-state index contributed by atoms with van der Waals surface area (Å²) < 4.78 is 6.06. The Morgan fingerprint density at radius 2 is 1.97 bits per heavy atom. The average Bonchev–Trinajstić information content (AvgIpc) is 2.74. The van der Waals surface area contributed by atoms with Gasteiger partial charge in [-0.15, -0.1) is 0 Å². The highest BCUT2D eigenvalue weighted by Gasteiger charge is 2.49. The minimum atomic E-state index is -0.347. The number of carbonyl (C=O) groups excluding carboxylic acids is 1. The van der Waals surface area contributed by atoms with Gasteiger partial charge in [0.2, 0.25) is 5.91 Å². The van der Waals surface area contributed by atoms with Crippen molar-refractivity contribution < 1.29 is 9.53 Å². The maximum atomic E-state index is 13.7. The summed E-state index contributed by atoms with van der Waals surface area (Å²) in [7, 11) is 0. The molecule has 0 bridgehead atoms. The molecule has 2 atom stereocenters. The molecule has 4 rings (SSSR count). The van der Waals surface area contributed by atoms with Crippen molar-refractivity contribution in [1.82, 2.24) is 14.8 Å². The number of benzene rings is 1. The number of hydrogen-bond donors (Lipinski definition) is 0. The van der Waals surface area contributed by atoms with E-state index in [9.17, 15) is 4.79 Å². The highest BCUT2D eigenvalue weighted by molar-refractivity contribution is 5.84. The summed E-state index contributed by atoms with van der Waals surface area (Å²) in [5, 5.41) is 0. The van der Waals surface area contributed by atoms with E-state index in [0.29, 0.717) is 25.6 Å². The molecule has 2 aliphatic heterocycles. The molecule has 2 fully saturated rings. The molecule has 3 heterocycles. The van der Waals surface area contributed by atoms with Gasteiger partial charge in [0.05, 0.1) is 17.2 Å². The van der Waals surface area contributed by atoms with Gasteiger partial charge in [0.15, 0.2) is 0 Å². The Bertz CT molecular complexity index is 798. The lowest BCUT2D eigenvalue weighted by molar-refractivity contribution is -0.161. The Morgan fingerprint density at radius 3 is 2.72 bits per heavy atom. The largest absolute Gasteiger partial charge is 0.377 e. The summed E-state index contributed by atoms with van der Waals surface area (Å²) in [6, 6.07) is 16.3. The Hall–Kier alpha value is -2.24. The van der Waals surface area contributed by atoms with Gasteiger partial charge in [-0.3, -0.25) is 14.7 Å². The summed E-state index contributed by atoms with van der Waals surface area (Å²) in [4.78, 5) is 22.6. The third-order valence-corrected chi connectivity index (χ3v) is 6.17. The smallest absolute Gasteiger partial charge is 0.230 e. The molecular formula is C24H31N3O2. The number of likely N-dealkylation sites (tertiary alicyclic amines) is 2. The Morgan fingerprint density at radius 1 is 1.14 bits per heavy atom. The van der Waals surface area contributed by atoms with Gasteiger partial charge < -0.3 is 9.64 Å². The van der Waals surface area contributed by atoms with Crippen molar-refractivity contribution in [2.75, 3.05) is 26.2 Å². The van der Waals surface area contributed by atoms with E-state index in [1.54, 1.807) is 0 Å². The molecular weight excluding hydrogens is 362 g/mol. The van der Waals surface area contributed by atoms with Crippen LogP contribution < -0.4 is 0 Å². The SMILES string of the molecule is CCO[C@@H]1CN(Cc2ccccc2)C(=O)[C@@]2(CCCN(Cc3ccccn3)C2)C1. The maximum Gasteiger partial charge on any atom is 0.230 e. The minimum Gasteiger partial charge on any atom is -0.377 e. The van der Waals surface area contributed by atoms with E-state index in [-0.39, 0.29) is 11.5 Å². The molecule has 0 radical (unpaired) electrons. The van der Waals surface area contributed by atoms with E-state index in [1.165, 1.54) is 5.56 Å². The molecule has 29 heavy (non-hydrogen) atoms. The number of ether oxygens (including phenoxy) is 1. The van der Waals surface area contributed by atoms with Gasteiger partial charge in [-0.1, -0.05) is 36.4 Å². The van der Waals surface area contributed by atoms with Gasteiger partial charge >= 0.3 is 0 Å². The van der Waals surface area contributed by atoms with Crippen LogP contribution in [0.1, 0.15) is 37.4 Å². The number of piperidine rings is 2. The molecule has 0 aliphatic carbocycles. The zero-order valence-corrected chi connectivity index (χ0v) is 17.3. The molecule has 0 saturated carbocycles. The highest BCUT2D eigenvalue weighted by atomic mass is 16.5. The zero-order chi connectivity index (χ0) is 20.1. The third-order valence-electron chi connectivity index (χ3n) is 6.17. The normalized spacial score (nSPS) is 25.5. The summed E-state index contributed by atoms with van der Waals surface area (Å²) in [6.07, 6.45) is 4.75. The van der Waals surface area contributed by atoms with Crippen LogP contribution >= 0.6 is 0 Å². The topological polar surface area (TPSA) is 45.7 Å². The van der Waals surface area contributed by atoms with E-state index in [0.717, 1.165) is 44.6 Å². The van der Waals surface area contributed by atoms with E-state index in [2.05, 4.69) is 28.1 Å². The van der Waals surface area contributed by atoms with Crippen LogP contribution in [-0.4, -0.2) is 53.0 Å². The Labute approximate surface area is 173 Å². The summed E-state index contributed by atoms with van der Waals surface area (Å²) >= 11 is 0. The number of carbonyl (C=O) groups is 1.